The third-order valence-corrected chi connectivity index (χ3v) is 4.88. The first-order chi connectivity index (χ1) is 15.1. The minimum absolute atomic E-state index is 0.0426. The van der Waals surface area contributed by atoms with Gasteiger partial charge >= 0.3 is 0 Å². The third-order valence-electron chi connectivity index (χ3n) is 4.88. The maximum Gasteiger partial charge on any atom is 0.243 e. The zero-order valence-corrected chi connectivity index (χ0v) is 17.7. The molecular weight excluding hydrogens is 390 g/mol. The predicted molar refractivity (Wildman–Crippen MR) is 122 cm³/mol. The van der Waals surface area contributed by atoms with Crippen molar-refractivity contribution in [1.29, 1.82) is 0 Å². The molecule has 6 heteroatoms. The summed E-state index contributed by atoms with van der Waals surface area (Å²) in [7, 11) is 3.19. The Bertz CT molecular complexity index is 954. The zero-order valence-electron chi connectivity index (χ0n) is 17.7. The van der Waals surface area contributed by atoms with Gasteiger partial charge in [-0.25, -0.2) is 0 Å². The Kier molecular flexibility index (Phi) is 7.79. The van der Waals surface area contributed by atoms with Gasteiger partial charge in [0, 0.05) is 18.8 Å². The van der Waals surface area contributed by atoms with E-state index < -0.39 is 0 Å². The summed E-state index contributed by atoms with van der Waals surface area (Å²) in [5.41, 5.74) is 2.76. The highest BCUT2D eigenvalue weighted by molar-refractivity contribution is 5.94. The van der Waals surface area contributed by atoms with Crippen LogP contribution in [0.15, 0.2) is 84.9 Å². The number of carbonyl (C=O) groups excluding carboxylic acids is 2. The summed E-state index contributed by atoms with van der Waals surface area (Å²) in [5.74, 6) is 0.212. The molecule has 0 aromatic heterocycles. The Labute approximate surface area is 182 Å². The second kappa shape index (κ2) is 10.9. The molecule has 0 bridgehead atoms. The minimum atomic E-state index is -0.272. The van der Waals surface area contributed by atoms with Crippen molar-refractivity contribution in [3.63, 3.8) is 0 Å². The van der Waals surface area contributed by atoms with Crippen LogP contribution in [0, 0.1) is 0 Å². The first-order valence-electron chi connectivity index (χ1n) is 10.1. The SMILES string of the molecule is COc1cccc(NC(=O)CN(C)C(=O)CNC(c2ccccc2)c2ccccc2)c1. The summed E-state index contributed by atoms with van der Waals surface area (Å²) in [6.45, 7) is 0.0659. The largest absolute Gasteiger partial charge is 0.497 e. The average Bonchev–Trinajstić information content (AvgIpc) is 2.80. The van der Waals surface area contributed by atoms with Crippen LogP contribution in [0.1, 0.15) is 17.2 Å². The molecule has 3 aromatic carbocycles. The van der Waals surface area contributed by atoms with Gasteiger partial charge in [-0.05, 0) is 23.3 Å². The van der Waals surface area contributed by atoms with Gasteiger partial charge in [0.2, 0.25) is 11.8 Å². The first-order valence-corrected chi connectivity index (χ1v) is 10.1. The molecule has 0 aliphatic carbocycles. The number of carbonyl (C=O) groups is 2. The summed E-state index contributed by atoms with van der Waals surface area (Å²) < 4.78 is 5.16. The molecule has 160 valence electrons. The molecule has 0 spiro atoms. The second-order valence-electron chi connectivity index (χ2n) is 7.17. The average molecular weight is 418 g/mol. The molecule has 31 heavy (non-hydrogen) atoms. The van der Waals surface area contributed by atoms with Crippen molar-refractivity contribution in [2.45, 2.75) is 6.04 Å². The Morgan fingerprint density at radius 2 is 1.52 bits per heavy atom. The number of likely N-dealkylation sites (N-methyl/N-ethyl adjacent to an activating group) is 1. The lowest BCUT2D eigenvalue weighted by Crippen LogP contribution is -2.41. The van der Waals surface area contributed by atoms with Crippen molar-refractivity contribution < 1.29 is 14.3 Å². The van der Waals surface area contributed by atoms with Crippen LogP contribution in [-0.2, 0) is 9.59 Å². The smallest absolute Gasteiger partial charge is 0.243 e. The number of ether oxygens (including phenoxy) is 1. The normalized spacial score (nSPS) is 10.5. The van der Waals surface area contributed by atoms with Crippen molar-refractivity contribution in [1.82, 2.24) is 10.2 Å². The van der Waals surface area contributed by atoms with Gasteiger partial charge in [-0.2, -0.15) is 0 Å². The van der Waals surface area contributed by atoms with Crippen molar-refractivity contribution >= 4 is 17.5 Å². The number of anilines is 1. The van der Waals surface area contributed by atoms with Crippen LogP contribution in [0.4, 0.5) is 5.69 Å². The maximum atomic E-state index is 12.7. The van der Waals surface area contributed by atoms with Crippen LogP contribution in [-0.4, -0.2) is 44.0 Å². The summed E-state index contributed by atoms with van der Waals surface area (Å²) in [6, 6.07) is 26.9. The van der Waals surface area contributed by atoms with E-state index in [9.17, 15) is 9.59 Å². The van der Waals surface area contributed by atoms with Crippen LogP contribution in [0.3, 0.4) is 0 Å². The Balaban J connectivity index is 1.58. The standard InChI is InChI=1S/C25H27N3O3/c1-28(18-23(29)27-21-14-9-15-22(16-21)31-2)24(30)17-26-25(19-10-5-3-6-11-19)20-12-7-4-8-13-20/h3-16,25-26H,17-18H2,1-2H3,(H,27,29). The molecule has 0 aliphatic heterocycles. The van der Waals surface area contributed by atoms with E-state index in [0.29, 0.717) is 11.4 Å². The van der Waals surface area contributed by atoms with Gasteiger partial charge in [0.05, 0.1) is 26.2 Å². The van der Waals surface area contributed by atoms with E-state index in [-0.39, 0.29) is 30.9 Å². The van der Waals surface area contributed by atoms with Gasteiger partial charge in [0.25, 0.3) is 0 Å². The van der Waals surface area contributed by atoms with Crippen LogP contribution < -0.4 is 15.4 Å². The number of methoxy groups -OCH3 is 1. The van der Waals surface area contributed by atoms with E-state index in [1.807, 2.05) is 60.7 Å². The molecule has 0 atom stereocenters. The lowest BCUT2D eigenvalue weighted by molar-refractivity contribution is -0.132. The molecule has 2 amide bonds. The molecular formula is C25H27N3O3. The lowest BCUT2D eigenvalue weighted by Gasteiger charge is -2.22. The van der Waals surface area contributed by atoms with Crippen LogP contribution in [0.5, 0.6) is 5.75 Å². The molecule has 0 saturated carbocycles. The number of amides is 2. The number of nitrogens with zero attached hydrogens (tertiary/aromatic N) is 1. The fourth-order valence-corrected chi connectivity index (χ4v) is 3.25. The quantitative estimate of drug-likeness (QED) is 0.559. The molecule has 0 fully saturated rings. The molecule has 0 saturated heterocycles. The van der Waals surface area contributed by atoms with Crippen LogP contribution in [0.2, 0.25) is 0 Å². The lowest BCUT2D eigenvalue weighted by atomic mass is 9.99. The Morgan fingerprint density at radius 1 is 0.903 bits per heavy atom. The van der Waals surface area contributed by atoms with E-state index >= 15 is 0 Å². The highest BCUT2D eigenvalue weighted by Gasteiger charge is 2.18. The number of rotatable bonds is 9. The Hall–Kier alpha value is -3.64. The van der Waals surface area contributed by atoms with Gasteiger partial charge < -0.3 is 15.0 Å². The fourth-order valence-electron chi connectivity index (χ4n) is 3.25. The van der Waals surface area contributed by atoms with Crippen LogP contribution in [0.25, 0.3) is 0 Å². The second-order valence-corrected chi connectivity index (χ2v) is 7.17. The highest BCUT2D eigenvalue weighted by Crippen LogP contribution is 2.21. The summed E-state index contributed by atoms with van der Waals surface area (Å²) in [4.78, 5) is 26.4. The maximum absolute atomic E-state index is 12.7. The number of hydrogen-bond donors (Lipinski definition) is 2. The van der Waals surface area contributed by atoms with E-state index in [2.05, 4.69) is 10.6 Å². The van der Waals surface area contributed by atoms with Gasteiger partial charge in [0.15, 0.2) is 0 Å². The molecule has 6 nitrogen and oxygen atoms in total. The molecule has 0 radical (unpaired) electrons. The fraction of sp³-hybridized carbons (Fsp3) is 0.200. The van der Waals surface area contributed by atoms with Gasteiger partial charge in [-0.15, -0.1) is 0 Å². The monoisotopic (exact) mass is 417 g/mol. The summed E-state index contributed by atoms with van der Waals surface area (Å²) in [6.07, 6.45) is 0. The number of hydrogen-bond acceptors (Lipinski definition) is 4. The predicted octanol–water partition coefficient (Wildman–Crippen LogP) is 3.47. The molecule has 2 N–H and O–H groups in total. The topological polar surface area (TPSA) is 70.7 Å². The number of benzene rings is 3. The van der Waals surface area contributed by atoms with E-state index in [1.165, 1.54) is 4.90 Å². The van der Waals surface area contributed by atoms with Crippen molar-refractivity contribution in [3.8, 4) is 5.75 Å². The molecule has 3 aromatic rings. The van der Waals surface area contributed by atoms with Crippen molar-refractivity contribution in [2.75, 3.05) is 32.6 Å². The molecule has 0 heterocycles. The molecule has 3 rings (SSSR count). The third kappa shape index (κ3) is 6.42. The van der Waals surface area contributed by atoms with Crippen molar-refractivity contribution in [3.05, 3.63) is 96.1 Å². The summed E-state index contributed by atoms with van der Waals surface area (Å²) >= 11 is 0. The zero-order chi connectivity index (χ0) is 22.1. The van der Waals surface area contributed by atoms with Gasteiger partial charge in [-0.1, -0.05) is 66.7 Å². The first kappa shape index (κ1) is 22.1. The Morgan fingerprint density at radius 3 is 2.10 bits per heavy atom. The molecule has 0 unspecified atom stereocenters. The van der Waals surface area contributed by atoms with Gasteiger partial charge in [0.1, 0.15) is 5.75 Å². The van der Waals surface area contributed by atoms with Crippen molar-refractivity contribution in [2.24, 2.45) is 0 Å². The molecule has 0 aliphatic rings. The van der Waals surface area contributed by atoms with E-state index in [1.54, 1.807) is 38.4 Å². The summed E-state index contributed by atoms with van der Waals surface area (Å²) in [5, 5.41) is 6.12. The highest BCUT2D eigenvalue weighted by atomic mass is 16.5. The van der Waals surface area contributed by atoms with E-state index in [0.717, 1.165) is 11.1 Å². The minimum Gasteiger partial charge on any atom is -0.497 e. The van der Waals surface area contributed by atoms with Crippen LogP contribution >= 0.6 is 0 Å². The van der Waals surface area contributed by atoms with E-state index in [4.69, 9.17) is 4.74 Å². The number of nitrogens with one attached hydrogen (secondary N) is 2. The van der Waals surface area contributed by atoms with Gasteiger partial charge in [-0.3, -0.25) is 14.9 Å².